The molecule has 0 spiro atoms. The van der Waals surface area contributed by atoms with Crippen LogP contribution < -0.4 is 10.2 Å². The number of likely N-dealkylation sites (N-methyl/N-ethyl adjacent to an activating group) is 1. The number of unbranched alkanes of at least 4 members (excludes halogenated alkanes) is 28. The Bertz CT molecular complexity index is 824. The first-order valence-corrected chi connectivity index (χ1v) is 23.8. The van der Waals surface area contributed by atoms with Crippen molar-refractivity contribution in [3.8, 4) is 0 Å². The van der Waals surface area contributed by atoms with Crippen LogP contribution >= 0.6 is 7.82 Å². The van der Waals surface area contributed by atoms with Gasteiger partial charge in [0.05, 0.1) is 39.9 Å². The second kappa shape index (κ2) is 36.2. The Balaban J connectivity index is 4.10. The molecule has 0 aliphatic carbocycles. The highest BCUT2D eigenvalue weighted by molar-refractivity contribution is 7.45. The molecule has 2 N–H and O–H groups in total. The Hall–Kier alpha value is -0.500. The minimum atomic E-state index is -4.55. The van der Waals surface area contributed by atoms with Crippen LogP contribution in [0.4, 0.5) is 0 Å². The fourth-order valence-corrected chi connectivity index (χ4v) is 7.47. The number of nitrogens with one attached hydrogen (secondary N) is 1. The molecule has 9 heteroatoms. The zero-order valence-corrected chi connectivity index (χ0v) is 36.2. The Morgan fingerprint density at radius 1 is 0.596 bits per heavy atom. The molecule has 0 fully saturated rings. The first kappa shape index (κ1) is 51.5. The van der Waals surface area contributed by atoms with Crippen molar-refractivity contribution in [2.45, 2.75) is 231 Å². The van der Waals surface area contributed by atoms with Gasteiger partial charge in [0.1, 0.15) is 13.2 Å². The summed E-state index contributed by atoms with van der Waals surface area (Å²) in [5.74, 6) is -0.163. The molecule has 0 aromatic heterocycles. The lowest BCUT2D eigenvalue weighted by Gasteiger charge is -2.30. The summed E-state index contributed by atoms with van der Waals surface area (Å²) in [7, 11) is 1.31. The molecule has 0 radical (unpaired) electrons. The maximum Gasteiger partial charge on any atom is 0.268 e. The summed E-state index contributed by atoms with van der Waals surface area (Å²) in [5.41, 5.74) is 0. The molecule has 0 saturated heterocycles. The summed E-state index contributed by atoms with van der Waals surface area (Å²) in [4.78, 5) is 25.2. The number of aliphatic hydroxyl groups is 1. The van der Waals surface area contributed by atoms with Crippen LogP contribution in [0.15, 0.2) is 0 Å². The van der Waals surface area contributed by atoms with E-state index in [2.05, 4.69) is 19.2 Å². The van der Waals surface area contributed by atoms with Crippen molar-refractivity contribution < 1.29 is 32.9 Å². The Morgan fingerprint density at radius 3 is 1.31 bits per heavy atom. The number of nitrogens with zero attached hydrogens (tertiary/aromatic N) is 1. The van der Waals surface area contributed by atoms with E-state index in [1.807, 2.05) is 21.1 Å². The molecule has 0 saturated carbocycles. The molecule has 312 valence electrons. The lowest BCUT2D eigenvalue weighted by atomic mass is 10.0. The van der Waals surface area contributed by atoms with Gasteiger partial charge in [-0.05, 0) is 12.8 Å². The van der Waals surface area contributed by atoms with Gasteiger partial charge in [-0.15, -0.1) is 0 Å². The van der Waals surface area contributed by atoms with E-state index >= 15 is 0 Å². The zero-order chi connectivity index (χ0) is 38.6. The van der Waals surface area contributed by atoms with Crippen LogP contribution in [0.3, 0.4) is 0 Å². The van der Waals surface area contributed by atoms with Crippen molar-refractivity contribution in [2.24, 2.45) is 0 Å². The maximum absolute atomic E-state index is 12.8. The molecule has 3 unspecified atom stereocenters. The molecule has 0 aliphatic rings. The van der Waals surface area contributed by atoms with Gasteiger partial charge in [0.15, 0.2) is 0 Å². The van der Waals surface area contributed by atoms with Gasteiger partial charge in [0.25, 0.3) is 7.82 Å². The normalized spacial score (nSPS) is 14.4. The van der Waals surface area contributed by atoms with E-state index in [4.69, 9.17) is 9.05 Å². The number of hydrogen-bond acceptors (Lipinski definition) is 6. The van der Waals surface area contributed by atoms with Gasteiger partial charge in [-0.3, -0.25) is 9.36 Å². The summed E-state index contributed by atoms with van der Waals surface area (Å²) in [6.45, 7) is 4.70. The highest BCUT2D eigenvalue weighted by Crippen LogP contribution is 2.38. The monoisotopic (exact) mass is 761 g/mol. The average Bonchev–Trinajstić information content (AvgIpc) is 3.09. The summed E-state index contributed by atoms with van der Waals surface area (Å²) < 4.78 is 23.2. The van der Waals surface area contributed by atoms with Crippen LogP contribution in [0, 0.1) is 0 Å². The Kier molecular flexibility index (Phi) is 35.8. The number of aliphatic hydroxyl groups excluding tert-OH is 1. The molecule has 8 nitrogen and oxygen atoms in total. The van der Waals surface area contributed by atoms with Crippen molar-refractivity contribution in [3.63, 3.8) is 0 Å². The van der Waals surface area contributed by atoms with Gasteiger partial charge in [-0.1, -0.05) is 200 Å². The van der Waals surface area contributed by atoms with E-state index in [0.717, 1.165) is 38.5 Å². The fourth-order valence-electron chi connectivity index (χ4n) is 6.75. The van der Waals surface area contributed by atoms with Gasteiger partial charge in [0, 0.05) is 6.42 Å². The second-order valence-corrected chi connectivity index (χ2v) is 18.2. The molecule has 0 aromatic carbocycles. The molecule has 0 rings (SSSR count). The first-order chi connectivity index (χ1) is 25.0. The van der Waals surface area contributed by atoms with Crippen LogP contribution in [0.1, 0.15) is 219 Å². The number of hydrogen-bond donors (Lipinski definition) is 2. The quantitative estimate of drug-likeness (QED) is 0.0365. The summed E-state index contributed by atoms with van der Waals surface area (Å²) in [6, 6.07) is -0.791. The smallest absolute Gasteiger partial charge is 0.268 e. The lowest BCUT2D eigenvalue weighted by Crippen LogP contribution is -2.46. The summed E-state index contributed by atoms with van der Waals surface area (Å²) >= 11 is 0. The van der Waals surface area contributed by atoms with Crippen LogP contribution in [0.25, 0.3) is 0 Å². The predicted molar refractivity (Wildman–Crippen MR) is 219 cm³/mol. The van der Waals surface area contributed by atoms with Gasteiger partial charge in [-0.25, -0.2) is 0 Å². The van der Waals surface area contributed by atoms with E-state index in [0.29, 0.717) is 23.9 Å². The standard InChI is InChI=1S/C43H89N2O6P/c1-6-8-10-12-14-16-17-18-19-20-21-22-23-24-25-26-27-28-29-31-33-35-37-43(47)44-41(40-51-52(48,49)50-39-38-45(3,4)5)42(46)36-34-32-30-15-13-11-9-7-2/h41-42,46H,6-40H2,1-5H3,(H-,44,47,48,49). The van der Waals surface area contributed by atoms with Gasteiger partial charge >= 0.3 is 0 Å². The van der Waals surface area contributed by atoms with Crippen molar-refractivity contribution in [1.29, 1.82) is 0 Å². The molecule has 52 heavy (non-hydrogen) atoms. The maximum atomic E-state index is 12.8. The van der Waals surface area contributed by atoms with Crippen LogP contribution in [-0.2, 0) is 18.4 Å². The van der Waals surface area contributed by atoms with Crippen LogP contribution in [0.5, 0.6) is 0 Å². The van der Waals surface area contributed by atoms with Crippen LogP contribution in [0.2, 0.25) is 0 Å². The lowest BCUT2D eigenvalue weighted by molar-refractivity contribution is -0.870. The number of quaternary nitrogens is 1. The van der Waals surface area contributed by atoms with E-state index in [1.54, 1.807) is 0 Å². The summed E-state index contributed by atoms with van der Waals surface area (Å²) in [5, 5.41) is 13.8. The molecular formula is C43H89N2O6P. The van der Waals surface area contributed by atoms with E-state index in [9.17, 15) is 19.4 Å². The van der Waals surface area contributed by atoms with Gasteiger partial charge < -0.3 is 28.8 Å². The molecule has 1 amide bonds. The van der Waals surface area contributed by atoms with Gasteiger partial charge in [-0.2, -0.15) is 0 Å². The van der Waals surface area contributed by atoms with E-state index < -0.39 is 20.0 Å². The Labute approximate surface area is 323 Å². The second-order valence-electron chi connectivity index (χ2n) is 16.8. The molecule has 0 bridgehead atoms. The third-order valence-electron chi connectivity index (χ3n) is 10.3. The van der Waals surface area contributed by atoms with Crippen molar-refractivity contribution in [1.82, 2.24) is 5.32 Å². The topological polar surface area (TPSA) is 108 Å². The highest BCUT2D eigenvalue weighted by Gasteiger charge is 2.24. The number of carbonyl (C=O) groups is 1. The minimum absolute atomic E-state index is 0.0155. The first-order valence-electron chi connectivity index (χ1n) is 22.4. The number of phosphoric acid groups is 1. The molecule has 0 aromatic rings. The third kappa shape index (κ3) is 37.8. The average molecular weight is 761 g/mol. The molecule has 3 atom stereocenters. The number of phosphoric ester groups is 1. The predicted octanol–water partition coefficient (Wildman–Crippen LogP) is 11.6. The molecule has 0 heterocycles. The van der Waals surface area contributed by atoms with Crippen molar-refractivity contribution in [2.75, 3.05) is 40.9 Å². The minimum Gasteiger partial charge on any atom is -0.756 e. The largest absolute Gasteiger partial charge is 0.756 e. The zero-order valence-electron chi connectivity index (χ0n) is 35.3. The Morgan fingerprint density at radius 2 is 0.942 bits per heavy atom. The number of amides is 1. The number of carbonyl (C=O) groups excluding carboxylic acids is 1. The number of rotatable bonds is 41. The molecule has 0 aliphatic heterocycles. The van der Waals surface area contributed by atoms with E-state index in [1.165, 1.54) is 154 Å². The van der Waals surface area contributed by atoms with Crippen molar-refractivity contribution in [3.05, 3.63) is 0 Å². The van der Waals surface area contributed by atoms with E-state index in [-0.39, 0.29) is 19.1 Å². The third-order valence-corrected chi connectivity index (χ3v) is 11.3. The van der Waals surface area contributed by atoms with Crippen LogP contribution in [-0.4, -0.2) is 68.5 Å². The SMILES string of the molecule is CCCCCCCCCCCCCCCCCCCCCCCCC(=O)NC(COP(=O)([O-])OCC[N+](C)(C)C)C(O)CCCCCCCCCC. The van der Waals surface area contributed by atoms with Crippen molar-refractivity contribution >= 4 is 13.7 Å². The molecular weight excluding hydrogens is 671 g/mol. The highest BCUT2D eigenvalue weighted by atomic mass is 31.2. The fraction of sp³-hybridized carbons (Fsp3) is 0.977. The summed E-state index contributed by atoms with van der Waals surface area (Å²) in [6.07, 6.45) is 38.4. The van der Waals surface area contributed by atoms with Gasteiger partial charge in [0.2, 0.25) is 5.91 Å².